The van der Waals surface area contributed by atoms with Gasteiger partial charge in [0.2, 0.25) is 5.95 Å². The first kappa shape index (κ1) is 32.4. The second-order valence-corrected chi connectivity index (χ2v) is 9.55. The molecule has 1 atom stereocenters. The van der Waals surface area contributed by atoms with Crippen molar-refractivity contribution in [1.82, 2.24) is 19.4 Å². The fourth-order valence-electron chi connectivity index (χ4n) is 4.72. The maximum absolute atomic E-state index is 13.6. The lowest BCUT2D eigenvalue weighted by atomic mass is 10.0. The number of nitrogens with zero attached hydrogens (tertiary/aromatic N) is 4. The quantitative estimate of drug-likeness (QED) is 0.276. The standard InChI is InChI=1S/C30H26F3N5O2.2ClH/c1-3-4-15-38-28(40)24-18-37(27(39)22-8-7-21-6-5-14-34-26(21)17-22)16-13-25(24)36-29(38)35-19(2)20-9-11-23(12-10-20)30(31,32)33;;/h5-12,14,17,19H,13,15-16,18H2,1-2H3,(H,35,36);2*1H/t19-;;/m0../s1. The number of carbonyl (C=O) groups is 1. The Morgan fingerprint density at radius 3 is 2.55 bits per heavy atom. The summed E-state index contributed by atoms with van der Waals surface area (Å²) >= 11 is 0. The molecule has 12 heteroatoms. The van der Waals surface area contributed by atoms with E-state index in [2.05, 4.69) is 22.1 Å². The lowest BCUT2D eigenvalue weighted by molar-refractivity contribution is -0.137. The first-order chi connectivity index (χ1) is 19.2. The molecule has 1 N–H and O–H groups in total. The van der Waals surface area contributed by atoms with Crippen LogP contribution in [0.3, 0.4) is 0 Å². The molecule has 1 amide bonds. The molecule has 2 aromatic heterocycles. The third kappa shape index (κ3) is 6.69. The van der Waals surface area contributed by atoms with Crippen molar-refractivity contribution in [3.63, 3.8) is 0 Å². The number of aromatic nitrogens is 3. The number of nitrogens with one attached hydrogen (secondary N) is 1. The summed E-state index contributed by atoms with van der Waals surface area (Å²) in [5.41, 5.74) is 1.77. The van der Waals surface area contributed by atoms with Crippen LogP contribution >= 0.6 is 24.8 Å². The zero-order valence-corrected chi connectivity index (χ0v) is 24.4. The van der Waals surface area contributed by atoms with Crippen LogP contribution in [0.25, 0.3) is 10.9 Å². The molecule has 0 aliphatic carbocycles. The van der Waals surface area contributed by atoms with Gasteiger partial charge in [0, 0.05) is 30.1 Å². The summed E-state index contributed by atoms with van der Waals surface area (Å²) in [4.78, 5) is 37.6. The van der Waals surface area contributed by atoms with Gasteiger partial charge in [-0.25, -0.2) is 4.98 Å². The fraction of sp³-hybridized carbons (Fsp3) is 0.267. The summed E-state index contributed by atoms with van der Waals surface area (Å²) in [5.74, 6) is 5.74. The molecule has 0 fully saturated rings. The van der Waals surface area contributed by atoms with Gasteiger partial charge >= 0.3 is 6.18 Å². The van der Waals surface area contributed by atoms with E-state index in [0.717, 1.165) is 17.5 Å². The second kappa shape index (κ2) is 13.3. The molecule has 0 bridgehead atoms. The Kier molecular flexibility index (Phi) is 10.3. The number of hydrogen-bond donors (Lipinski definition) is 1. The summed E-state index contributed by atoms with van der Waals surface area (Å²) in [6.07, 6.45) is -2.37. The Hall–Kier alpha value is -4.07. The van der Waals surface area contributed by atoms with E-state index in [1.165, 1.54) is 16.7 Å². The second-order valence-electron chi connectivity index (χ2n) is 9.55. The number of rotatable bonds is 5. The van der Waals surface area contributed by atoms with E-state index in [1.54, 1.807) is 37.1 Å². The fourth-order valence-corrected chi connectivity index (χ4v) is 4.72. The van der Waals surface area contributed by atoms with Gasteiger partial charge in [-0.15, -0.1) is 30.7 Å². The maximum atomic E-state index is 13.6. The highest BCUT2D eigenvalue weighted by Crippen LogP contribution is 2.30. The minimum absolute atomic E-state index is 0. The number of anilines is 1. The summed E-state index contributed by atoms with van der Waals surface area (Å²) in [6.45, 7) is 4.00. The van der Waals surface area contributed by atoms with Gasteiger partial charge in [0.15, 0.2) is 0 Å². The van der Waals surface area contributed by atoms with E-state index in [-0.39, 0.29) is 55.3 Å². The number of halogens is 5. The van der Waals surface area contributed by atoms with Crippen LogP contribution in [0.15, 0.2) is 65.6 Å². The highest BCUT2D eigenvalue weighted by molar-refractivity contribution is 5.97. The van der Waals surface area contributed by atoms with Gasteiger partial charge < -0.3 is 10.2 Å². The molecule has 5 rings (SSSR count). The molecular formula is C30H28Cl2F3N5O2. The van der Waals surface area contributed by atoms with E-state index in [9.17, 15) is 22.8 Å². The molecule has 1 aliphatic rings. The van der Waals surface area contributed by atoms with E-state index in [0.29, 0.717) is 40.9 Å². The van der Waals surface area contributed by atoms with Gasteiger partial charge in [-0.1, -0.05) is 30.2 Å². The van der Waals surface area contributed by atoms with Crippen molar-refractivity contribution in [1.29, 1.82) is 0 Å². The zero-order chi connectivity index (χ0) is 28.4. The minimum atomic E-state index is -4.42. The van der Waals surface area contributed by atoms with E-state index < -0.39 is 17.8 Å². The molecular weight excluding hydrogens is 590 g/mol. The van der Waals surface area contributed by atoms with Crippen molar-refractivity contribution >= 4 is 47.6 Å². The predicted molar refractivity (Wildman–Crippen MR) is 160 cm³/mol. The zero-order valence-electron chi connectivity index (χ0n) is 22.7. The SMILES string of the molecule is CC#CCn1c(N[C@@H](C)c2ccc(C(F)(F)F)cc2)nc2c(c1=O)CN(C(=O)c1ccc3cccnc3c1)CC2.Cl.Cl. The van der Waals surface area contributed by atoms with Crippen molar-refractivity contribution < 1.29 is 18.0 Å². The highest BCUT2D eigenvalue weighted by Gasteiger charge is 2.30. The third-order valence-corrected chi connectivity index (χ3v) is 6.95. The van der Waals surface area contributed by atoms with E-state index in [4.69, 9.17) is 4.98 Å². The van der Waals surface area contributed by atoms with E-state index in [1.807, 2.05) is 18.2 Å². The normalized spacial score (nSPS) is 13.1. The largest absolute Gasteiger partial charge is 0.416 e. The van der Waals surface area contributed by atoms with Crippen molar-refractivity contribution in [3.05, 3.63) is 99.1 Å². The Balaban J connectivity index is 0.00000242. The van der Waals surface area contributed by atoms with Gasteiger partial charge in [0.25, 0.3) is 11.5 Å². The van der Waals surface area contributed by atoms with Crippen LogP contribution in [0.1, 0.15) is 52.6 Å². The molecule has 0 saturated carbocycles. The Morgan fingerprint density at radius 1 is 1.12 bits per heavy atom. The summed E-state index contributed by atoms with van der Waals surface area (Å²) in [7, 11) is 0. The predicted octanol–water partition coefficient (Wildman–Crippen LogP) is 6.05. The first-order valence-electron chi connectivity index (χ1n) is 12.8. The van der Waals surface area contributed by atoms with Crippen molar-refractivity contribution in [3.8, 4) is 11.8 Å². The van der Waals surface area contributed by atoms with Gasteiger partial charge in [0.1, 0.15) is 0 Å². The Bertz CT molecular complexity index is 1710. The molecule has 2 aromatic carbocycles. The highest BCUT2D eigenvalue weighted by atomic mass is 35.5. The van der Waals surface area contributed by atoms with Crippen molar-refractivity contribution in [2.24, 2.45) is 0 Å². The summed E-state index contributed by atoms with van der Waals surface area (Å²) in [5, 5.41) is 4.11. The molecule has 7 nitrogen and oxygen atoms in total. The lowest BCUT2D eigenvalue weighted by Crippen LogP contribution is -2.41. The Morgan fingerprint density at radius 2 is 1.86 bits per heavy atom. The number of alkyl halides is 3. The molecule has 42 heavy (non-hydrogen) atoms. The van der Waals surface area contributed by atoms with Crippen LogP contribution in [-0.4, -0.2) is 31.9 Å². The van der Waals surface area contributed by atoms with Crippen molar-refractivity contribution in [2.45, 2.75) is 45.6 Å². The topological polar surface area (TPSA) is 80.1 Å². The molecule has 0 saturated heterocycles. The number of benzene rings is 2. The first-order valence-corrected chi connectivity index (χ1v) is 12.8. The summed E-state index contributed by atoms with van der Waals surface area (Å²) < 4.78 is 40.3. The summed E-state index contributed by atoms with van der Waals surface area (Å²) in [6, 6.07) is 13.5. The average molecular weight is 618 g/mol. The van der Waals surface area contributed by atoms with Crippen molar-refractivity contribution in [2.75, 3.05) is 11.9 Å². The minimum Gasteiger partial charge on any atom is -0.349 e. The molecule has 3 heterocycles. The van der Waals surface area contributed by atoms with Crippen LogP contribution in [-0.2, 0) is 25.7 Å². The molecule has 0 unspecified atom stereocenters. The maximum Gasteiger partial charge on any atom is 0.416 e. The van der Waals surface area contributed by atoms with Gasteiger partial charge in [0.05, 0.1) is 41.5 Å². The molecule has 220 valence electrons. The van der Waals surface area contributed by atoms with Gasteiger partial charge in [-0.05, 0) is 49.7 Å². The third-order valence-electron chi connectivity index (χ3n) is 6.95. The van der Waals surface area contributed by atoms with Gasteiger partial charge in [-0.3, -0.25) is 19.1 Å². The number of fused-ring (bicyclic) bond motifs is 2. The molecule has 0 spiro atoms. The lowest BCUT2D eigenvalue weighted by Gasteiger charge is -2.29. The van der Waals surface area contributed by atoms with Crippen LogP contribution < -0.4 is 10.9 Å². The molecule has 1 aliphatic heterocycles. The average Bonchev–Trinajstić information content (AvgIpc) is 2.96. The Labute approximate surface area is 253 Å². The molecule has 4 aromatic rings. The van der Waals surface area contributed by atoms with E-state index >= 15 is 0 Å². The number of hydrogen-bond acceptors (Lipinski definition) is 5. The van der Waals surface area contributed by atoms with Gasteiger partial charge in [-0.2, -0.15) is 13.2 Å². The smallest absolute Gasteiger partial charge is 0.349 e. The van der Waals surface area contributed by atoms with Crippen LogP contribution in [0, 0.1) is 11.8 Å². The van der Waals surface area contributed by atoms with Crippen LogP contribution in [0.5, 0.6) is 0 Å². The molecule has 0 radical (unpaired) electrons. The monoisotopic (exact) mass is 617 g/mol. The van der Waals surface area contributed by atoms with Crippen LogP contribution in [0.2, 0.25) is 0 Å². The number of pyridine rings is 1. The number of carbonyl (C=O) groups excluding carboxylic acids is 1. The van der Waals surface area contributed by atoms with Crippen LogP contribution in [0.4, 0.5) is 19.1 Å². The number of amides is 1.